The first-order chi connectivity index (χ1) is 17.9. The fourth-order valence-electron chi connectivity index (χ4n) is 6.88. The molecular weight excluding hydrogens is 488 g/mol. The van der Waals surface area contributed by atoms with Crippen molar-refractivity contribution in [3.05, 3.63) is 53.1 Å². The third-order valence-electron chi connectivity index (χ3n) is 8.83. The molecule has 2 amide bonds. The fourth-order valence-corrected chi connectivity index (χ4v) is 7.07. The average molecular weight is 527 g/mol. The summed E-state index contributed by atoms with van der Waals surface area (Å²) in [5.74, 6) is 1.55. The molecule has 3 fully saturated rings. The Morgan fingerprint density at radius 2 is 1.78 bits per heavy atom. The second-order valence-corrected chi connectivity index (χ2v) is 11.3. The van der Waals surface area contributed by atoms with E-state index in [-0.39, 0.29) is 17.5 Å². The molecule has 37 heavy (non-hydrogen) atoms. The van der Waals surface area contributed by atoms with Gasteiger partial charge in [-0.3, -0.25) is 4.90 Å². The normalized spacial score (nSPS) is 26.9. The highest BCUT2D eigenvalue weighted by molar-refractivity contribution is 6.30. The zero-order valence-electron chi connectivity index (χ0n) is 22.1. The zero-order valence-corrected chi connectivity index (χ0v) is 22.9. The van der Waals surface area contributed by atoms with Crippen LogP contribution < -0.4 is 20.1 Å². The molecule has 0 aromatic heterocycles. The van der Waals surface area contributed by atoms with E-state index in [2.05, 4.69) is 39.6 Å². The molecule has 3 atom stereocenters. The van der Waals surface area contributed by atoms with Crippen LogP contribution in [-0.4, -0.2) is 74.9 Å². The van der Waals surface area contributed by atoms with Crippen LogP contribution in [0.4, 0.5) is 10.5 Å². The molecule has 2 N–H and O–H groups in total. The quantitative estimate of drug-likeness (QED) is 0.545. The van der Waals surface area contributed by atoms with E-state index in [9.17, 15) is 4.79 Å². The van der Waals surface area contributed by atoms with Gasteiger partial charge in [0, 0.05) is 34.3 Å². The van der Waals surface area contributed by atoms with Crippen molar-refractivity contribution in [1.29, 1.82) is 0 Å². The van der Waals surface area contributed by atoms with Gasteiger partial charge in [0.15, 0.2) is 11.5 Å². The van der Waals surface area contributed by atoms with E-state index in [1.807, 2.05) is 18.2 Å². The van der Waals surface area contributed by atoms with Gasteiger partial charge in [-0.25, -0.2) is 4.79 Å². The van der Waals surface area contributed by atoms with Crippen molar-refractivity contribution in [3.63, 3.8) is 0 Å². The third-order valence-corrected chi connectivity index (χ3v) is 9.07. The Hall–Kier alpha value is -2.48. The first-order valence-corrected chi connectivity index (χ1v) is 13.8. The molecule has 1 saturated carbocycles. The summed E-state index contributed by atoms with van der Waals surface area (Å²) in [5, 5.41) is 6.83. The van der Waals surface area contributed by atoms with E-state index < -0.39 is 0 Å². The molecule has 2 saturated heterocycles. The third kappa shape index (κ3) is 5.40. The summed E-state index contributed by atoms with van der Waals surface area (Å²) >= 11 is 6.10. The standard InChI is InChI=1S/C29H39ClN4O3/c1-33-14-10-24(11-15-33)34-16-13-29(20-7-8-25(36-2)26(17-20)37-3)12-9-23(19-27(29)34)32-28(35)31-22-6-4-5-21(30)18-22/h4-8,17-18,23-24,27H,9-16,19H2,1-3H3,(H2,31,32,35). The summed E-state index contributed by atoms with van der Waals surface area (Å²) in [5.41, 5.74) is 2.08. The molecule has 1 aliphatic carbocycles. The summed E-state index contributed by atoms with van der Waals surface area (Å²) in [6.07, 6.45) is 6.42. The Morgan fingerprint density at radius 3 is 2.51 bits per heavy atom. The highest BCUT2D eigenvalue weighted by Crippen LogP contribution is 2.51. The lowest BCUT2D eigenvalue weighted by molar-refractivity contribution is 0.0673. The largest absolute Gasteiger partial charge is 0.493 e. The van der Waals surface area contributed by atoms with Crippen molar-refractivity contribution in [1.82, 2.24) is 15.1 Å². The maximum Gasteiger partial charge on any atom is 0.319 e. The minimum atomic E-state index is -0.172. The van der Waals surface area contributed by atoms with Crippen molar-refractivity contribution in [2.24, 2.45) is 0 Å². The molecule has 2 heterocycles. The highest BCUT2D eigenvalue weighted by atomic mass is 35.5. The summed E-state index contributed by atoms with van der Waals surface area (Å²) in [6, 6.07) is 14.6. The molecule has 3 aliphatic rings. The first kappa shape index (κ1) is 26.1. The topological polar surface area (TPSA) is 66.1 Å². The number of ether oxygens (including phenoxy) is 2. The van der Waals surface area contributed by atoms with E-state index in [0.717, 1.165) is 56.8 Å². The number of rotatable bonds is 6. The predicted molar refractivity (Wildman–Crippen MR) is 148 cm³/mol. The molecular formula is C29H39ClN4O3. The van der Waals surface area contributed by atoms with Crippen LogP contribution in [0.1, 0.15) is 44.1 Å². The van der Waals surface area contributed by atoms with Gasteiger partial charge in [-0.1, -0.05) is 23.7 Å². The molecule has 0 radical (unpaired) electrons. The minimum Gasteiger partial charge on any atom is -0.493 e. The molecule has 8 heteroatoms. The molecule has 2 aromatic rings. The summed E-state index contributed by atoms with van der Waals surface area (Å²) < 4.78 is 11.2. The van der Waals surface area contributed by atoms with Gasteiger partial charge in [0.1, 0.15) is 0 Å². The van der Waals surface area contributed by atoms with E-state index in [0.29, 0.717) is 22.8 Å². The first-order valence-electron chi connectivity index (χ1n) is 13.4. The zero-order chi connectivity index (χ0) is 26.0. The molecule has 0 spiro atoms. The van der Waals surface area contributed by atoms with Gasteiger partial charge in [0.2, 0.25) is 0 Å². The van der Waals surface area contributed by atoms with Crippen LogP contribution in [0.3, 0.4) is 0 Å². The number of piperidine rings is 1. The lowest BCUT2D eigenvalue weighted by Crippen LogP contribution is -2.56. The number of hydrogen-bond donors (Lipinski definition) is 2. The summed E-state index contributed by atoms with van der Waals surface area (Å²) in [7, 11) is 5.60. The van der Waals surface area contributed by atoms with Gasteiger partial charge in [-0.05, 0) is 101 Å². The lowest BCUT2D eigenvalue weighted by Gasteiger charge is -2.48. The molecule has 2 aliphatic heterocycles. The van der Waals surface area contributed by atoms with E-state index in [1.54, 1.807) is 26.4 Å². The van der Waals surface area contributed by atoms with Crippen molar-refractivity contribution >= 4 is 23.3 Å². The van der Waals surface area contributed by atoms with Crippen LogP contribution in [0, 0.1) is 0 Å². The van der Waals surface area contributed by atoms with Crippen LogP contribution in [0.2, 0.25) is 5.02 Å². The van der Waals surface area contributed by atoms with Gasteiger partial charge >= 0.3 is 6.03 Å². The fraction of sp³-hybridized carbons (Fsp3) is 0.552. The molecule has 5 rings (SSSR count). The Kier molecular flexibility index (Phi) is 7.84. The smallest absolute Gasteiger partial charge is 0.319 e. The Labute approximate surface area is 225 Å². The Morgan fingerprint density at radius 1 is 1.00 bits per heavy atom. The molecule has 7 nitrogen and oxygen atoms in total. The number of hydrogen-bond acceptors (Lipinski definition) is 5. The number of fused-ring (bicyclic) bond motifs is 1. The van der Waals surface area contributed by atoms with Crippen LogP contribution >= 0.6 is 11.6 Å². The average Bonchev–Trinajstić information content (AvgIpc) is 3.28. The predicted octanol–water partition coefficient (Wildman–Crippen LogP) is 5.14. The van der Waals surface area contributed by atoms with E-state index >= 15 is 0 Å². The number of nitrogens with zero attached hydrogens (tertiary/aromatic N) is 2. The van der Waals surface area contributed by atoms with Crippen LogP contribution in [0.5, 0.6) is 11.5 Å². The number of methoxy groups -OCH3 is 2. The summed E-state index contributed by atoms with van der Waals surface area (Å²) in [4.78, 5) is 18.1. The van der Waals surface area contributed by atoms with Crippen molar-refractivity contribution in [3.8, 4) is 11.5 Å². The molecule has 3 unspecified atom stereocenters. The van der Waals surface area contributed by atoms with Crippen molar-refractivity contribution < 1.29 is 14.3 Å². The minimum absolute atomic E-state index is 0.0461. The number of nitrogens with one attached hydrogen (secondary N) is 2. The van der Waals surface area contributed by atoms with Gasteiger partial charge in [0.05, 0.1) is 14.2 Å². The Bertz CT molecular complexity index is 1110. The van der Waals surface area contributed by atoms with Crippen molar-refractivity contribution in [2.45, 2.75) is 62.1 Å². The van der Waals surface area contributed by atoms with Gasteiger partial charge in [0.25, 0.3) is 0 Å². The van der Waals surface area contributed by atoms with Gasteiger partial charge in [-0.15, -0.1) is 0 Å². The number of carbonyl (C=O) groups excluding carboxylic acids is 1. The Balaban J connectivity index is 1.37. The van der Waals surface area contributed by atoms with Gasteiger partial charge in [-0.2, -0.15) is 0 Å². The van der Waals surface area contributed by atoms with Crippen LogP contribution in [0.15, 0.2) is 42.5 Å². The molecule has 200 valence electrons. The van der Waals surface area contributed by atoms with E-state index in [4.69, 9.17) is 21.1 Å². The number of halogens is 1. The van der Waals surface area contributed by atoms with Crippen molar-refractivity contribution in [2.75, 3.05) is 46.2 Å². The number of urea groups is 1. The monoisotopic (exact) mass is 526 g/mol. The second kappa shape index (κ2) is 11.1. The SMILES string of the molecule is COc1ccc(C23CCC(NC(=O)Nc4cccc(Cl)c4)CC2N(C2CCN(C)CC2)CC3)cc1OC. The number of anilines is 1. The maximum atomic E-state index is 12.9. The van der Waals surface area contributed by atoms with E-state index in [1.165, 1.54) is 18.4 Å². The molecule has 0 bridgehead atoms. The lowest BCUT2D eigenvalue weighted by atomic mass is 9.65. The maximum absolute atomic E-state index is 12.9. The van der Waals surface area contributed by atoms with Crippen LogP contribution in [0.25, 0.3) is 0 Å². The summed E-state index contributed by atoms with van der Waals surface area (Å²) in [6.45, 7) is 3.37. The number of benzene rings is 2. The number of likely N-dealkylation sites (tertiary alicyclic amines) is 2. The van der Waals surface area contributed by atoms with Gasteiger partial charge < -0.3 is 25.0 Å². The highest BCUT2D eigenvalue weighted by Gasteiger charge is 2.53. The van der Waals surface area contributed by atoms with Crippen LogP contribution in [-0.2, 0) is 5.41 Å². The number of carbonyl (C=O) groups is 1. The molecule has 2 aromatic carbocycles. The number of amides is 2. The second-order valence-electron chi connectivity index (χ2n) is 10.8.